The van der Waals surface area contributed by atoms with Gasteiger partial charge in [0.25, 0.3) is 0 Å². The third kappa shape index (κ3) is 7.75. The van der Waals surface area contributed by atoms with E-state index in [-0.39, 0.29) is 34.8 Å². The number of piperidine rings is 1. The van der Waals surface area contributed by atoms with E-state index < -0.39 is 27.8 Å². The summed E-state index contributed by atoms with van der Waals surface area (Å²) in [6, 6.07) is 6.25. The Morgan fingerprint density at radius 1 is 1.05 bits per heavy atom. The van der Waals surface area contributed by atoms with Crippen LogP contribution in [0.2, 0.25) is 0 Å². The highest BCUT2D eigenvalue weighted by atomic mass is 32.2. The molecule has 10 nitrogen and oxygen atoms in total. The fraction of sp³-hybridized carbons (Fsp3) is 0.690. The van der Waals surface area contributed by atoms with Crippen molar-refractivity contribution in [2.75, 3.05) is 25.5 Å². The third-order valence-electron chi connectivity index (χ3n) is 8.53. The summed E-state index contributed by atoms with van der Waals surface area (Å²) in [7, 11) is -1.98. The van der Waals surface area contributed by atoms with Crippen molar-refractivity contribution in [3.8, 4) is 0 Å². The van der Waals surface area contributed by atoms with E-state index in [0.29, 0.717) is 24.3 Å². The number of amides is 3. The molecule has 3 aliphatic rings. The number of sulfonamides is 1. The molecule has 40 heavy (non-hydrogen) atoms. The van der Waals surface area contributed by atoms with E-state index in [1.807, 2.05) is 25.7 Å². The fourth-order valence-corrected chi connectivity index (χ4v) is 6.90. The van der Waals surface area contributed by atoms with Crippen LogP contribution in [0.4, 0.5) is 10.5 Å². The Labute approximate surface area is 238 Å². The average Bonchev–Trinajstić information content (AvgIpc) is 3.61. The van der Waals surface area contributed by atoms with Gasteiger partial charge in [-0.2, -0.15) is 0 Å². The van der Waals surface area contributed by atoms with Crippen LogP contribution in [0.3, 0.4) is 0 Å². The summed E-state index contributed by atoms with van der Waals surface area (Å²) in [5.41, 5.74) is 0.535. The first-order valence-electron chi connectivity index (χ1n) is 14.4. The molecule has 3 N–H and O–H groups in total. The first-order chi connectivity index (χ1) is 18.8. The lowest BCUT2D eigenvalue weighted by Crippen LogP contribution is -2.55. The van der Waals surface area contributed by atoms with E-state index in [2.05, 4.69) is 15.4 Å². The van der Waals surface area contributed by atoms with Crippen molar-refractivity contribution in [2.24, 2.45) is 17.3 Å². The molecule has 1 aliphatic heterocycles. The van der Waals surface area contributed by atoms with Gasteiger partial charge in [-0.15, -0.1) is 0 Å². The zero-order valence-electron chi connectivity index (χ0n) is 24.1. The molecule has 2 aliphatic carbocycles. The summed E-state index contributed by atoms with van der Waals surface area (Å²) in [6.07, 6.45) is 6.84. The summed E-state index contributed by atoms with van der Waals surface area (Å²) >= 11 is 0. The topological polar surface area (TPSA) is 134 Å². The van der Waals surface area contributed by atoms with Crippen LogP contribution in [-0.4, -0.2) is 63.0 Å². The molecule has 0 bridgehead atoms. The summed E-state index contributed by atoms with van der Waals surface area (Å²) in [5.74, 6) is -0.207. The predicted octanol–water partition coefficient (Wildman–Crippen LogP) is 3.78. The summed E-state index contributed by atoms with van der Waals surface area (Å²) in [5, 5.41) is 5.87. The van der Waals surface area contributed by atoms with E-state index in [0.717, 1.165) is 51.4 Å². The van der Waals surface area contributed by atoms with Crippen molar-refractivity contribution in [2.45, 2.75) is 89.5 Å². The van der Waals surface area contributed by atoms with Gasteiger partial charge in [0.15, 0.2) is 0 Å². The van der Waals surface area contributed by atoms with E-state index >= 15 is 0 Å². The van der Waals surface area contributed by atoms with Crippen LogP contribution in [0, 0.1) is 17.3 Å². The molecule has 222 valence electrons. The normalized spacial score (nSPS) is 21.9. The second-order valence-corrected chi connectivity index (χ2v) is 14.5. The molecular weight excluding hydrogens is 532 g/mol. The molecule has 1 heterocycles. The number of carbonyl (C=O) groups is 3. The Morgan fingerprint density at radius 3 is 2.25 bits per heavy atom. The van der Waals surface area contributed by atoms with Crippen LogP contribution in [0.15, 0.2) is 24.3 Å². The zero-order valence-corrected chi connectivity index (χ0v) is 24.9. The predicted molar refractivity (Wildman–Crippen MR) is 153 cm³/mol. The van der Waals surface area contributed by atoms with Gasteiger partial charge in [-0.25, -0.2) is 17.9 Å². The highest BCUT2D eigenvalue weighted by Gasteiger charge is 2.59. The lowest BCUT2D eigenvalue weighted by Gasteiger charge is -2.38. The van der Waals surface area contributed by atoms with Gasteiger partial charge in [0.2, 0.25) is 21.8 Å². The number of benzene rings is 1. The second-order valence-electron chi connectivity index (χ2n) is 12.6. The highest BCUT2D eigenvalue weighted by Crippen LogP contribution is 2.59. The summed E-state index contributed by atoms with van der Waals surface area (Å²) < 4.78 is 31.3. The summed E-state index contributed by atoms with van der Waals surface area (Å²) in [6.45, 7) is 6.56. The highest BCUT2D eigenvalue weighted by molar-refractivity contribution is 7.88. The Bertz CT molecular complexity index is 1180. The quantitative estimate of drug-likeness (QED) is 0.431. The van der Waals surface area contributed by atoms with Crippen molar-refractivity contribution in [3.05, 3.63) is 29.8 Å². The lowest BCUT2D eigenvalue weighted by molar-refractivity contribution is -0.137. The number of likely N-dealkylation sites (tertiary alicyclic amines) is 1. The monoisotopic (exact) mass is 576 g/mol. The molecule has 1 spiro atoms. The molecule has 3 fully saturated rings. The van der Waals surface area contributed by atoms with E-state index in [4.69, 9.17) is 4.74 Å². The zero-order chi connectivity index (χ0) is 29.1. The standard InChI is InChI=1S/C29H44N4O6S/c1-28(2,3)39-27(36)32-24(21-8-6-5-7-9-21)26(35)33-16-14-29(15-17-33)18-23(29)25(34)31-22-12-10-20(11-13-22)19-40(37,38)30-4/h10-13,21,23-24,30H,5-9,14-19H2,1-4H3,(H,31,34)(H,32,36)/t23?,24-/m1/s1. The maximum absolute atomic E-state index is 13.7. The molecule has 0 aromatic heterocycles. The van der Waals surface area contributed by atoms with E-state index in [1.165, 1.54) is 7.05 Å². The molecular formula is C29H44N4O6S. The molecule has 0 radical (unpaired) electrons. The molecule has 1 aromatic rings. The number of nitrogens with one attached hydrogen (secondary N) is 3. The van der Waals surface area contributed by atoms with Crippen LogP contribution >= 0.6 is 0 Å². The first-order valence-corrected chi connectivity index (χ1v) is 16.1. The fourth-order valence-electron chi connectivity index (χ4n) is 6.13. The maximum Gasteiger partial charge on any atom is 0.408 e. The summed E-state index contributed by atoms with van der Waals surface area (Å²) in [4.78, 5) is 41.1. The van der Waals surface area contributed by atoms with Crippen LogP contribution < -0.4 is 15.4 Å². The number of ether oxygens (including phenoxy) is 1. The molecule has 2 saturated carbocycles. The smallest absolute Gasteiger partial charge is 0.408 e. The Balaban J connectivity index is 1.31. The Kier molecular flexibility index (Phi) is 9.14. The van der Waals surface area contributed by atoms with Crippen molar-refractivity contribution in [1.82, 2.24) is 14.9 Å². The lowest BCUT2D eigenvalue weighted by atomic mass is 9.82. The molecule has 1 saturated heterocycles. The second kappa shape index (κ2) is 12.1. The number of hydrogen-bond acceptors (Lipinski definition) is 6. The SMILES string of the molecule is CNS(=O)(=O)Cc1ccc(NC(=O)C2CC23CCN(C(=O)[C@H](NC(=O)OC(C)(C)C)C2CCCCC2)CC3)cc1. The largest absolute Gasteiger partial charge is 0.444 e. The van der Waals surface area contributed by atoms with Crippen molar-refractivity contribution < 1.29 is 27.5 Å². The van der Waals surface area contributed by atoms with Gasteiger partial charge in [-0.3, -0.25) is 9.59 Å². The van der Waals surface area contributed by atoms with Crippen LogP contribution in [0.5, 0.6) is 0 Å². The molecule has 3 amide bonds. The van der Waals surface area contributed by atoms with Crippen molar-refractivity contribution in [1.29, 1.82) is 0 Å². The van der Waals surface area contributed by atoms with Gasteiger partial charge in [0.05, 0.1) is 5.75 Å². The molecule has 4 rings (SSSR count). The molecule has 1 unspecified atom stereocenters. The molecule has 1 aromatic carbocycles. The average molecular weight is 577 g/mol. The van der Waals surface area contributed by atoms with Gasteiger partial charge in [0.1, 0.15) is 11.6 Å². The number of anilines is 1. The van der Waals surface area contributed by atoms with Crippen LogP contribution in [-0.2, 0) is 30.1 Å². The number of nitrogens with zero attached hydrogens (tertiary/aromatic N) is 1. The number of alkyl carbamates (subject to hydrolysis) is 1. The van der Waals surface area contributed by atoms with E-state index in [1.54, 1.807) is 24.3 Å². The molecule has 11 heteroatoms. The Hall–Kier alpha value is -2.66. The van der Waals surface area contributed by atoms with Gasteiger partial charge in [-0.05, 0) is 89.0 Å². The van der Waals surface area contributed by atoms with Crippen molar-refractivity contribution >= 4 is 33.6 Å². The first kappa shape index (κ1) is 30.3. The van der Waals surface area contributed by atoms with Crippen LogP contribution in [0.1, 0.15) is 77.7 Å². The van der Waals surface area contributed by atoms with Gasteiger partial charge >= 0.3 is 6.09 Å². The minimum Gasteiger partial charge on any atom is -0.444 e. The van der Waals surface area contributed by atoms with E-state index in [9.17, 15) is 22.8 Å². The Morgan fingerprint density at radius 2 is 1.68 bits per heavy atom. The number of rotatable bonds is 8. The number of carbonyl (C=O) groups excluding carboxylic acids is 3. The van der Waals surface area contributed by atoms with Gasteiger partial charge < -0.3 is 20.3 Å². The van der Waals surface area contributed by atoms with Gasteiger partial charge in [-0.1, -0.05) is 31.4 Å². The van der Waals surface area contributed by atoms with Gasteiger partial charge in [0, 0.05) is 24.7 Å². The van der Waals surface area contributed by atoms with Crippen LogP contribution in [0.25, 0.3) is 0 Å². The molecule has 2 atom stereocenters. The minimum absolute atomic E-state index is 0.0398. The number of hydrogen-bond donors (Lipinski definition) is 3. The maximum atomic E-state index is 13.7. The van der Waals surface area contributed by atoms with Crippen molar-refractivity contribution in [3.63, 3.8) is 0 Å². The third-order valence-corrected chi connectivity index (χ3v) is 9.86. The minimum atomic E-state index is -3.36.